The van der Waals surface area contributed by atoms with Crippen molar-refractivity contribution in [1.82, 2.24) is 5.32 Å². The second kappa shape index (κ2) is 9.04. The van der Waals surface area contributed by atoms with Crippen molar-refractivity contribution in [3.63, 3.8) is 0 Å². The minimum absolute atomic E-state index is 0.00378. The van der Waals surface area contributed by atoms with Crippen LogP contribution in [0.2, 0.25) is 0 Å². The lowest BCUT2D eigenvalue weighted by molar-refractivity contribution is -0.123. The van der Waals surface area contributed by atoms with E-state index in [4.69, 9.17) is 9.47 Å². The second-order valence-corrected chi connectivity index (χ2v) is 6.99. The summed E-state index contributed by atoms with van der Waals surface area (Å²) in [6.45, 7) is 1.83. The molecule has 0 aliphatic rings. The van der Waals surface area contributed by atoms with Crippen LogP contribution >= 0.6 is 0 Å². The average molecular weight is 392 g/mol. The van der Waals surface area contributed by atoms with Crippen LogP contribution < -0.4 is 14.8 Å². The van der Waals surface area contributed by atoms with Crippen molar-refractivity contribution in [3.8, 4) is 5.75 Å². The monoisotopic (exact) mass is 392 g/mol. The van der Waals surface area contributed by atoms with E-state index in [1.165, 1.54) is 31.3 Å². The van der Waals surface area contributed by atoms with E-state index in [1.807, 2.05) is 6.92 Å². The van der Waals surface area contributed by atoms with Crippen molar-refractivity contribution in [2.75, 3.05) is 25.0 Å². The lowest BCUT2D eigenvalue weighted by Crippen LogP contribution is -2.25. The van der Waals surface area contributed by atoms with Crippen molar-refractivity contribution in [3.05, 3.63) is 54.1 Å². The van der Waals surface area contributed by atoms with Crippen LogP contribution in [0.1, 0.15) is 17.3 Å². The number of esters is 1. The molecule has 2 N–H and O–H groups in total. The van der Waals surface area contributed by atoms with Gasteiger partial charge >= 0.3 is 5.97 Å². The van der Waals surface area contributed by atoms with Gasteiger partial charge in [0.05, 0.1) is 22.8 Å². The van der Waals surface area contributed by atoms with E-state index < -0.39 is 28.5 Å². The molecule has 144 valence electrons. The van der Waals surface area contributed by atoms with Gasteiger partial charge in [0.2, 0.25) is 0 Å². The predicted molar refractivity (Wildman–Crippen MR) is 99.2 cm³/mol. The Balaban J connectivity index is 2.21. The second-order valence-electron chi connectivity index (χ2n) is 5.30. The quantitative estimate of drug-likeness (QED) is 0.663. The third kappa shape index (κ3) is 5.45. The van der Waals surface area contributed by atoms with Gasteiger partial charge in [-0.1, -0.05) is 12.1 Å². The Hall–Kier alpha value is -3.07. The van der Waals surface area contributed by atoms with Crippen LogP contribution in [0, 0.1) is 0 Å². The van der Waals surface area contributed by atoms with E-state index in [-0.39, 0.29) is 16.1 Å². The number of nitrogens with one attached hydrogen (secondary N) is 2. The van der Waals surface area contributed by atoms with Gasteiger partial charge in [0.25, 0.3) is 15.9 Å². The molecule has 0 atom stereocenters. The first-order valence-electron chi connectivity index (χ1n) is 8.09. The summed E-state index contributed by atoms with van der Waals surface area (Å²) in [6.07, 6.45) is 0. The third-order valence-electron chi connectivity index (χ3n) is 3.45. The summed E-state index contributed by atoms with van der Waals surface area (Å²) in [5.41, 5.74) is 0.0456. The molecule has 0 radical (unpaired) electrons. The molecule has 0 saturated heterocycles. The highest BCUT2D eigenvalue weighted by molar-refractivity contribution is 7.92. The van der Waals surface area contributed by atoms with E-state index in [0.29, 0.717) is 12.4 Å². The van der Waals surface area contributed by atoms with Crippen molar-refractivity contribution in [1.29, 1.82) is 0 Å². The Labute approximate surface area is 157 Å². The number of para-hydroxylation sites is 1. The lowest BCUT2D eigenvalue weighted by Gasteiger charge is -2.12. The summed E-state index contributed by atoms with van der Waals surface area (Å²) in [5, 5.41) is 2.32. The van der Waals surface area contributed by atoms with Gasteiger partial charge in [-0.15, -0.1) is 0 Å². The standard InChI is InChI=1S/C18H20N2O6S/c1-3-25-13-8-10-14(11-9-13)27(23,24)20-16-7-5-4-6-15(16)18(22)26-12-17(21)19-2/h4-11,20H,3,12H2,1-2H3,(H,19,21). The molecule has 0 fully saturated rings. The van der Waals surface area contributed by atoms with E-state index in [1.54, 1.807) is 24.3 Å². The maximum absolute atomic E-state index is 12.6. The highest BCUT2D eigenvalue weighted by Crippen LogP contribution is 2.22. The van der Waals surface area contributed by atoms with Crippen LogP contribution in [0.3, 0.4) is 0 Å². The lowest BCUT2D eigenvalue weighted by atomic mass is 10.2. The van der Waals surface area contributed by atoms with Crippen LogP contribution in [0.15, 0.2) is 53.4 Å². The number of amides is 1. The van der Waals surface area contributed by atoms with Crippen LogP contribution in [-0.2, 0) is 19.6 Å². The first kappa shape index (κ1) is 20.2. The Morgan fingerprint density at radius 1 is 1.04 bits per heavy atom. The van der Waals surface area contributed by atoms with Gasteiger partial charge in [0.15, 0.2) is 6.61 Å². The predicted octanol–water partition coefficient (Wildman–Crippen LogP) is 1.79. The molecule has 8 nitrogen and oxygen atoms in total. The van der Waals surface area contributed by atoms with Crippen molar-refractivity contribution in [2.45, 2.75) is 11.8 Å². The fourth-order valence-electron chi connectivity index (χ4n) is 2.12. The molecular weight excluding hydrogens is 372 g/mol. The van der Waals surface area contributed by atoms with Crippen molar-refractivity contribution < 1.29 is 27.5 Å². The van der Waals surface area contributed by atoms with Crippen LogP contribution in [0.25, 0.3) is 0 Å². The highest BCUT2D eigenvalue weighted by Gasteiger charge is 2.20. The molecule has 2 aromatic rings. The fourth-order valence-corrected chi connectivity index (χ4v) is 3.20. The van der Waals surface area contributed by atoms with Crippen LogP contribution in [0.4, 0.5) is 5.69 Å². The largest absolute Gasteiger partial charge is 0.494 e. The molecule has 9 heteroatoms. The number of ether oxygens (including phenoxy) is 2. The Bertz CT molecular complexity index is 910. The third-order valence-corrected chi connectivity index (χ3v) is 4.83. The van der Waals surface area contributed by atoms with Gasteiger partial charge in [-0.2, -0.15) is 0 Å². The smallest absolute Gasteiger partial charge is 0.340 e. The molecule has 0 spiro atoms. The molecule has 2 rings (SSSR count). The molecule has 0 aliphatic carbocycles. The zero-order chi connectivity index (χ0) is 19.9. The van der Waals surface area contributed by atoms with E-state index >= 15 is 0 Å². The Morgan fingerprint density at radius 3 is 2.33 bits per heavy atom. The van der Waals surface area contributed by atoms with Gasteiger partial charge in [0, 0.05) is 7.05 Å². The molecule has 0 heterocycles. The highest BCUT2D eigenvalue weighted by atomic mass is 32.2. The SMILES string of the molecule is CCOc1ccc(S(=O)(=O)Nc2ccccc2C(=O)OCC(=O)NC)cc1. The number of hydrogen-bond acceptors (Lipinski definition) is 6. The number of likely N-dealkylation sites (N-methyl/N-ethyl adjacent to an activating group) is 1. The molecule has 27 heavy (non-hydrogen) atoms. The Kier molecular flexibility index (Phi) is 6.78. The maximum Gasteiger partial charge on any atom is 0.340 e. The van der Waals surface area contributed by atoms with Crippen LogP contribution in [0.5, 0.6) is 5.75 Å². The summed E-state index contributed by atoms with van der Waals surface area (Å²) in [7, 11) is -2.52. The van der Waals surface area contributed by atoms with Crippen molar-refractivity contribution >= 4 is 27.6 Å². The minimum Gasteiger partial charge on any atom is -0.494 e. The number of rotatable bonds is 8. The molecule has 2 aromatic carbocycles. The summed E-state index contributed by atoms with van der Waals surface area (Å²) in [5.74, 6) is -0.742. The number of carbonyl (C=O) groups is 2. The van der Waals surface area contributed by atoms with Gasteiger partial charge in [-0.25, -0.2) is 13.2 Å². The molecule has 0 bridgehead atoms. The van der Waals surface area contributed by atoms with E-state index in [0.717, 1.165) is 0 Å². The summed E-state index contributed by atoms with van der Waals surface area (Å²) >= 11 is 0. The topological polar surface area (TPSA) is 111 Å². The van der Waals surface area contributed by atoms with E-state index in [2.05, 4.69) is 10.0 Å². The van der Waals surface area contributed by atoms with E-state index in [9.17, 15) is 18.0 Å². The van der Waals surface area contributed by atoms with Gasteiger partial charge in [0.1, 0.15) is 5.75 Å². The molecule has 0 aliphatic heterocycles. The normalized spacial score (nSPS) is 10.7. The number of sulfonamides is 1. The molecule has 1 amide bonds. The number of hydrogen-bond donors (Lipinski definition) is 2. The summed E-state index contributed by atoms with van der Waals surface area (Å²) in [6, 6.07) is 11.9. The fraction of sp³-hybridized carbons (Fsp3) is 0.222. The number of anilines is 1. The zero-order valence-electron chi connectivity index (χ0n) is 14.9. The Morgan fingerprint density at radius 2 is 1.70 bits per heavy atom. The number of benzene rings is 2. The minimum atomic E-state index is -3.93. The first-order valence-corrected chi connectivity index (χ1v) is 9.58. The molecular formula is C18H20N2O6S. The van der Waals surface area contributed by atoms with Crippen LogP contribution in [-0.4, -0.2) is 40.6 Å². The number of carbonyl (C=O) groups excluding carboxylic acids is 2. The van der Waals surface area contributed by atoms with Crippen molar-refractivity contribution in [2.24, 2.45) is 0 Å². The molecule has 0 saturated carbocycles. The van der Waals surface area contributed by atoms with Gasteiger partial charge in [-0.05, 0) is 43.3 Å². The van der Waals surface area contributed by atoms with Gasteiger partial charge < -0.3 is 14.8 Å². The molecule has 0 unspecified atom stereocenters. The summed E-state index contributed by atoms with van der Waals surface area (Å²) in [4.78, 5) is 23.4. The zero-order valence-corrected chi connectivity index (χ0v) is 15.7. The summed E-state index contributed by atoms with van der Waals surface area (Å²) < 4.78 is 37.7. The average Bonchev–Trinajstić information content (AvgIpc) is 2.66. The van der Waals surface area contributed by atoms with Gasteiger partial charge in [-0.3, -0.25) is 9.52 Å². The first-order chi connectivity index (χ1) is 12.9. The maximum atomic E-state index is 12.6. The molecule has 0 aromatic heterocycles.